The number of amides is 1. The number of aromatic nitrogens is 4. The van der Waals surface area contributed by atoms with Crippen LogP contribution in [0.3, 0.4) is 0 Å². The highest BCUT2D eigenvalue weighted by Crippen LogP contribution is 2.23. The largest absolute Gasteiger partial charge is 0.356 e. The molecule has 1 aromatic carbocycles. The van der Waals surface area contributed by atoms with E-state index in [-0.39, 0.29) is 11.8 Å². The Morgan fingerprint density at radius 3 is 2.68 bits per heavy atom. The Hall–Kier alpha value is -2.93. The molecular formula is C23H27ClN6O. The molecule has 31 heavy (non-hydrogen) atoms. The highest BCUT2D eigenvalue weighted by molar-refractivity contribution is 6.30. The van der Waals surface area contributed by atoms with Gasteiger partial charge in [0.25, 0.3) is 0 Å². The van der Waals surface area contributed by atoms with Crippen LogP contribution in [-0.4, -0.2) is 45.3 Å². The Bertz CT molecular complexity index is 1050. The van der Waals surface area contributed by atoms with Crippen molar-refractivity contribution in [2.24, 2.45) is 5.92 Å². The molecule has 1 aliphatic heterocycles. The molecule has 1 N–H and O–H groups in total. The van der Waals surface area contributed by atoms with Gasteiger partial charge in [0.05, 0.1) is 11.6 Å². The Morgan fingerprint density at radius 1 is 1.16 bits per heavy atom. The molecule has 1 atom stereocenters. The van der Waals surface area contributed by atoms with E-state index in [9.17, 15) is 4.79 Å². The smallest absolute Gasteiger partial charge is 0.224 e. The molecular weight excluding hydrogens is 412 g/mol. The summed E-state index contributed by atoms with van der Waals surface area (Å²) in [6.45, 7) is 6.12. The molecule has 1 aliphatic rings. The molecule has 2 aromatic heterocycles. The highest BCUT2D eigenvalue weighted by atomic mass is 35.5. The number of nitrogens with one attached hydrogen (secondary N) is 1. The van der Waals surface area contributed by atoms with Gasteiger partial charge in [0, 0.05) is 36.4 Å². The first-order valence-electron chi connectivity index (χ1n) is 10.6. The Balaban J connectivity index is 1.37. The molecule has 0 aliphatic carbocycles. The van der Waals surface area contributed by atoms with Crippen LogP contribution in [0.5, 0.6) is 0 Å². The van der Waals surface area contributed by atoms with Gasteiger partial charge >= 0.3 is 0 Å². The van der Waals surface area contributed by atoms with Gasteiger partial charge in [-0.05, 0) is 56.9 Å². The second-order valence-electron chi connectivity index (χ2n) is 8.03. The molecule has 0 saturated carbocycles. The predicted octanol–water partition coefficient (Wildman–Crippen LogP) is 3.51. The molecule has 1 fully saturated rings. The summed E-state index contributed by atoms with van der Waals surface area (Å²) in [6.07, 6.45) is 4.20. The van der Waals surface area contributed by atoms with E-state index in [0.717, 1.165) is 59.4 Å². The van der Waals surface area contributed by atoms with Crippen molar-refractivity contribution in [1.82, 2.24) is 25.1 Å². The number of rotatable bonds is 6. The van der Waals surface area contributed by atoms with Gasteiger partial charge < -0.3 is 10.2 Å². The lowest BCUT2D eigenvalue weighted by molar-refractivity contribution is -0.125. The number of benzene rings is 1. The van der Waals surface area contributed by atoms with Crippen LogP contribution in [0.15, 0.2) is 42.7 Å². The number of anilines is 1. The molecule has 0 bridgehead atoms. The van der Waals surface area contributed by atoms with Crippen molar-refractivity contribution in [2.75, 3.05) is 24.5 Å². The summed E-state index contributed by atoms with van der Waals surface area (Å²) >= 11 is 5.93. The zero-order chi connectivity index (χ0) is 21.8. The van der Waals surface area contributed by atoms with Crippen LogP contribution in [-0.2, 0) is 11.2 Å². The second kappa shape index (κ2) is 9.47. The topological polar surface area (TPSA) is 75.9 Å². The van der Waals surface area contributed by atoms with Gasteiger partial charge in [-0.2, -0.15) is 5.10 Å². The third kappa shape index (κ3) is 5.22. The SMILES string of the molecule is Cc1cc(C)n(-c2cc(N3CCCC(C(=O)NCCc4ccc(Cl)cc4)C3)ncn2)n1. The van der Waals surface area contributed by atoms with Gasteiger partial charge in [-0.1, -0.05) is 23.7 Å². The summed E-state index contributed by atoms with van der Waals surface area (Å²) in [5.74, 6) is 1.62. The second-order valence-corrected chi connectivity index (χ2v) is 8.46. The maximum atomic E-state index is 12.7. The lowest BCUT2D eigenvalue weighted by Gasteiger charge is -2.33. The summed E-state index contributed by atoms with van der Waals surface area (Å²) in [6, 6.07) is 11.7. The fraction of sp³-hybridized carbons (Fsp3) is 0.391. The molecule has 7 nitrogen and oxygen atoms in total. The van der Waals surface area contributed by atoms with Crippen molar-refractivity contribution in [3.63, 3.8) is 0 Å². The number of halogens is 1. The number of hydrogen-bond acceptors (Lipinski definition) is 5. The first-order valence-corrected chi connectivity index (χ1v) is 11.0. The van der Waals surface area contributed by atoms with Crippen molar-refractivity contribution in [3.05, 3.63) is 64.7 Å². The van der Waals surface area contributed by atoms with Crippen LogP contribution in [0.25, 0.3) is 5.82 Å². The van der Waals surface area contributed by atoms with E-state index in [4.69, 9.17) is 11.6 Å². The molecule has 1 unspecified atom stereocenters. The van der Waals surface area contributed by atoms with E-state index in [1.807, 2.05) is 54.9 Å². The normalized spacial score (nSPS) is 16.4. The van der Waals surface area contributed by atoms with Crippen LogP contribution < -0.4 is 10.2 Å². The van der Waals surface area contributed by atoms with Crippen molar-refractivity contribution in [1.29, 1.82) is 0 Å². The third-order valence-electron chi connectivity index (χ3n) is 5.61. The number of carbonyl (C=O) groups is 1. The zero-order valence-electron chi connectivity index (χ0n) is 17.9. The van der Waals surface area contributed by atoms with Gasteiger partial charge in [-0.3, -0.25) is 4.79 Å². The Morgan fingerprint density at radius 2 is 1.94 bits per heavy atom. The fourth-order valence-electron chi connectivity index (χ4n) is 4.01. The third-order valence-corrected chi connectivity index (χ3v) is 5.86. The number of carbonyl (C=O) groups excluding carboxylic acids is 1. The minimum Gasteiger partial charge on any atom is -0.356 e. The summed E-state index contributed by atoms with van der Waals surface area (Å²) in [7, 11) is 0. The molecule has 4 rings (SSSR count). The average molecular weight is 439 g/mol. The summed E-state index contributed by atoms with van der Waals surface area (Å²) in [4.78, 5) is 23.8. The van der Waals surface area contributed by atoms with Crippen molar-refractivity contribution >= 4 is 23.3 Å². The minimum absolute atomic E-state index is 0.0499. The molecule has 3 aromatic rings. The lowest BCUT2D eigenvalue weighted by Crippen LogP contribution is -2.43. The van der Waals surface area contributed by atoms with E-state index >= 15 is 0 Å². The van der Waals surface area contributed by atoms with Gasteiger partial charge in [0.2, 0.25) is 5.91 Å². The summed E-state index contributed by atoms with van der Waals surface area (Å²) in [5, 5.41) is 8.32. The van der Waals surface area contributed by atoms with E-state index in [1.54, 1.807) is 6.33 Å². The fourth-order valence-corrected chi connectivity index (χ4v) is 4.14. The van der Waals surface area contributed by atoms with Crippen LogP contribution >= 0.6 is 11.6 Å². The van der Waals surface area contributed by atoms with E-state index < -0.39 is 0 Å². The summed E-state index contributed by atoms with van der Waals surface area (Å²) < 4.78 is 1.82. The highest BCUT2D eigenvalue weighted by Gasteiger charge is 2.26. The molecule has 1 saturated heterocycles. The Kier molecular flexibility index (Phi) is 6.51. The first kappa shape index (κ1) is 21.3. The van der Waals surface area contributed by atoms with E-state index in [1.165, 1.54) is 0 Å². The van der Waals surface area contributed by atoms with Crippen LogP contribution in [0.4, 0.5) is 5.82 Å². The molecule has 162 valence electrons. The standard InChI is InChI=1S/C23H27ClN6O/c1-16-12-17(2)30(28-16)22-13-21(26-15-27-22)29-11-3-4-19(14-29)23(31)25-10-9-18-5-7-20(24)8-6-18/h5-8,12-13,15,19H,3-4,9-11,14H2,1-2H3,(H,25,31). The van der Waals surface area contributed by atoms with Gasteiger partial charge in [0.15, 0.2) is 5.82 Å². The predicted molar refractivity (Wildman–Crippen MR) is 122 cm³/mol. The monoisotopic (exact) mass is 438 g/mol. The van der Waals surface area contributed by atoms with Gasteiger partial charge in [0.1, 0.15) is 12.1 Å². The molecule has 0 radical (unpaired) electrons. The minimum atomic E-state index is -0.0499. The molecule has 1 amide bonds. The van der Waals surface area contributed by atoms with Crippen molar-refractivity contribution in [3.8, 4) is 5.82 Å². The van der Waals surface area contributed by atoms with E-state index in [2.05, 4.69) is 25.3 Å². The maximum absolute atomic E-state index is 12.7. The van der Waals surface area contributed by atoms with Crippen molar-refractivity contribution in [2.45, 2.75) is 33.1 Å². The van der Waals surface area contributed by atoms with Crippen LogP contribution in [0.2, 0.25) is 5.02 Å². The van der Waals surface area contributed by atoms with Crippen LogP contribution in [0, 0.1) is 19.8 Å². The van der Waals surface area contributed by atoms with Gasteiger partial charge in [-0.25, -0.2) is 14.6 Å². The van der Waals surface area contributed by atoms with Crippen LogP contribution in [0.1, 0.15) is 29.8 Å². The molecule has 0 spiro atoms. The molecule has 3 heterocycles. The van der Waals surface area contributed by atoms with E-state index in [0.29, 0.717) is 13.1 Å². The first-order chi connectivity index (χ1) is 15.0. The molecule has 8 heteroatoms. The van der Waals surface area contributed by atoms with Gasteiger partial charge in [-0.15, -0.1) is 0 Å². The summed E-state index contributed by atoms with van der Waals surface area (Å²) in [5.41, 5.74) is 3.14. The number of piperidine rings is 1. The number of hydrogen-bond donors (Lipinski definition) is 1. The van der Waals surface area contributed by atoms with Crippen molar-refractivity contribution < 1.29 is 4.79 Å². The maximum Gasteiger partial charge on any atom is 0.224 e. The lowest BCUT2D eigenvalue weighted by atomic mass is 9.97. The Labute approximate surface area is 187 Å². The zero-order valence-corrected chi connectivity index (χ0v) is 18.6. The average Bonchev–Trinajstić information content (AvgIpc) is 3.13. The quantitative estimate of drug-likeness (QED) is 0.637. The number of aryl methyl sites for hydroxylation is 2. The number of nitrogens with zero attached hydrogens (tertiary/aromatic N) is 5.